The molecule has 1 aromatic carbocycles. The molecule has 1 saturated carbocycles. The van der Waals surface area contributed by atoms with E-state index >= 15 is 0 Å². The fraction of sp³-hybridized carbons (Fsp3) is 0.571. The Kier molecular flexibility index (Phi) is 4.46. The maximum atomic E-state index is 6.10. The van der Waals surface area contributed by atoms with E-state index in [1.807, 2.05) is 19.1 Å². The van der Waals surface area contributed by atoms with Gasteiger partial charge in [-0.2, -0.15) is 0 Å². The van der Waals surface area contributed by atoms with Gasteiger partial charge in [-0.25, -0.2) is 0 Å². The minimum absolute atomic E-state index is 0.00564. The van der Waals surface area contributed by atoms with Crippen molar-refractivity contribution in [2.45, 2.75) is 51.2 Å². The lowest BCUT2D eigenvalue weighted by Gasteiger charge is -2.25. The fourth-order valence-electron chi connectivity index (χ4n) is 2.35. The standard InChI is InChI=1S/C14H20BrNO/c1-10(16)13-9-11(15)7-8-14(13)17-12-5-3-2-4-6-12/h7-10,12H,2-6,16H2,1H3/t10-/m0/s1. The van der Waals surface area contributed by atoms with Gasteiger partial charge in [-0.05, 0) is 50.8 Å². The van der Waals surface area contributed by atoms with Crippen LogP contribution in [0.1, 0.15) is 50.6 Å². The molecular weight excluding hydrogens is 278 g/mol. The molecule has 0 spiro atoms. The molecule has 0 aliphatic heterocycles. The van der Waals surface area contributed by atoms with Crippen LogP contribution in [0.3, 0.4) is 0 Å². The van der Waals surface area contributed by atoms with Crippen molar-refractivity contribution in [1.82, 2.24) is 0 Å². The van der Waals surface area contributed by atoms with E-state index in [0.717, 1.165) is 15.8 Å². The Morgan fingerprint density at radius 2 is 2.00 bits per heavy atom. The van der Waals surface area contributed by atoms with Crippen molar-refractivity contribution in [2.24, 2.45) is 5.73 Å². The molecule has 1 aromatic rings. The summed E-state index contributed by atoms with van der Waals surface area (Å²) in [7, 11) is 0. The van der Waals surface area contributed by atoms with Crippen LogP contribution in [0.25, 0.3) is 0 Å². The third-order valence-electron chi connectivity index (χ3n) is 3.31. The Bertz CT molecular complexity index is 372. The summed E-state index contributed by atoms with van der Waals surface area (Å²) in [5.41, 5.74) is 7.08. The van der Waals surface area contributed by atoms with Crippen molar-refractivity contribution in [1.29, 1.82) is 0 Å². The first-order valence-electron chi connectivity index (χ1n) is 6.38. The van der Waals surface area contributed by atoms with Crippen LogP contribution in [0.5, 0.6) is 5.75 Å². The number of ether oxygens (including phenoxy) is 1. The Balaban J connectivity index is 2.13. The summed E-state index contributed by atoms with van der Waals surface area (Å²) in [4.78, 5) is 0. The van der Waals surface area contributed by atoms with Crippen LogP contribution in [0.2, 0.25) is 0 Å². The predicted octanol–water partition coefficient (Wildman–Crippen LogP) is 4.18. The fourth-order valence-corrected chi connectivity index (χ4v) is 2.72. The van der Waals surface area contributed by atoms with Crippen molar-refractivity contribution in [2.75, 3.05) is 0 Å². The molecule has 1 aliphatic carbocycles. The van der Waals surface area contributed by atoms with E-state index in [4.69, 9.17) is 10.5 Å². The number of rotatable bonds is 3. The summed E-state index contributed by atoms with van der Waals surface area (Å²) in [6.45, 7) is 2.00. The Morgan fingerprint density at radius 3 is 2.65 bits per heavy atom. The van der Waals surface area contributed by atoms with E-state index in [-0.39, 0.29) is 6.04 Å². The number of benzene rings is 1. The van der Waals surface area contributed by atoms with Gasteiger partial charge in [0.15, 0.2) is 0 Å². The molecule has 2 rings (SSSR count). The van der Waals surface area contributed by atoms with Gasteiger partial charge in [0, 0.05) is 16.1 Å². The molecule has 0 bridgehead atoms. The lowest BCUT2D eigenvalue weighted by molar-refractivity contribution is 0.153. The zero-order chi connectivity index (χ0) is 12.3. The normalized spacial score (nSPS) is 19.0. The van der Waals surface area contributed by atoms with Crippen LogP contribution >= 0.6 is 15.9 Å². The molecule has 0 amide bonds. The maximum Gasteiger partial charge on any atom is 0.124 e. The molecule has 0 heterocycles. The number of nitrogens with two attached hydrogens (primary N) is 1. The van der Waals surface area contributed by atoms with Gasteiger partial charge in [-0.15, -0.1) is 0 Å². The third kappa shape index (κ3) is 3.46. The van der Waals surface area contributed by atoms with Gasteiger partial charge in [0.2, 0.25) is 0 Å². The molecular formula is C14H20BrNO. The van der Waals surface area contributed by atoms with Crippen molar-refractivity contribution < 1.29 is 4.74 Å². The highest BCUT2D eigenvalue weighted by Gasteiger charge is 2.17. The van der Waals surface area contributed by atoms with E-state index in [2.05, 4.69) is 22.0 Å². The highest BCUT2D eigenvalue weighted by Crippen LogP contribution is 2.30. The maximum absolute atomic E-state index is 6.10. The van der Waals surface area contributed by atoms with Crippen molar-refractivity contribution in [3.05, 3.63) is 28.2 Å². The smallest absolute Gasteiger partial charge is 0.124 e. The van der Waals surface area contributed by atoms with Gasteiger partial charge in [-0.1, -0.05) is 22.4 Å². The predicted molar refractivity (Wildman–Crippen MR) is 74.2 cm³/mol. The molecule has 3 heteroatoms. The summed E-state index contributed by atoms with van der Waals surface area (Å²) in [5.74, 6) is 0.954. The van der Waals surface area contributed by atoms with Crippen molar-refractivity contribution in [3.8, 4) is 5.75 Å². The minimum Gasteiger partial charge on any atom is -0.490 e. The Labute approximate surface area is 112 Å². The molecule has 2 N–H and O–H groups in total. The Hall–Kier alpha value is -0.540. The SMILES string of the molecule is C[C@H](N)c1cc(Br)ccc1OC1CCCCC1. The van der Waals surface area contributed by atoms with E-state index in [9.17, 15) is 0 Å². The van der Waals surface area contributed by atoms with Gasteiger partial charge < -0.3 is 10.5 Å². The highest BCUT2D eigenvalue weighted by molar-refractivity contribution is 9.10. The average Bonchev–Trinajstić information content (AvgIpc) is 2.32. The second kappa shape index (κ2) is 5.87. The molecule has 0 aromatic heterocycles. The second-order valence-corrected chi connectivity index (χ2v) is 5.76. The van der Waals surface area contributed by atoms with E-state index in [0.29, 0.717) is 6.10 Å². The molecule has 0 unspecified atom stereocenters. The first kappa shape index (κ1) is 12.9. The first-order chi connectivity index (χ1) is 8.16. The van der Waals surface area contributed by atoms with E-state index < -0.39 is 0 Å². The van der Waals surface area contributed by atoms with Gasteiger partial charge in [0.05, 0.1) is 6.10 Å². The summed E-state index contributed by atoms with van der Waals surface area (Å²) in [5, 5.41) is 0. The number of hydrogen-bond donors (Lipinski definition) is 1. The van der Waals surface area contributed by atoms with Crippen LogP contribution in [0, 0.1) is 0 Å². The monoisotopic (exact) mass is 297 g/mol. The zero-order valence-corrected chi connectivity index (χ0v) is 11.9. The van der Waals surface area contributed by atoms with Crippen LogP contribution in [0.4, 0.5) is 0 Å². The number of halogens is 1. The third-order valence-corrected chi connectivity index (χ3v) is 3.80. The number of hydrogen-bond acceptors (Lipinski definition) is 2. The molecule has 1 aliphatic rings. The van der Waals surface area contributed by atoms with Crippen LogP contribution < -0.4 is 10.5 Å². The van der Waals surface area contributed by atoms with Gasteiger partial charge in [-0.3, -0.25) is 0 Å². The molecule has 1 atom stereocenters. The molecule has 2 nitrogen and oxygen atoms in total. The van der Waals surface area contributed by atoms with Crippen LogP contribution in [0.15, 0.2) is 22.7 Å². The van der Waals surface area contributed by atoms with Crippen LogP contribution in [-0.4, -0.2) is 6.10 Å². The first-order valence-corrected chi connectivity index (χ1v) is 7.18. The second-order valence-electron chi connectivity index (χ2n) is 4.85. The lowest BCUT2D eigenvalue weighted by atomic mass is 9.97. The summed E-state index contributed by atoms with van der Waals surface area (Å²) < 4.78 is 7.16. The van der Waals surface area contributed by atoms with Gasteiger partial charge in [0.1, 0.15) is 5.75 Å². The molecule has 94 valence electrons. The average molecular weight is 298 g/mol. The van der Waals surface area contributed by atoms with Gasteiger partial charge >= 0.3 is 0 Å². The largest absolute Gasteiger partial charge is 0.490 e. The minimum atomic E-state index is 0.00564. The lowest BCUT2D eigenvalue weighted by Crippen LogP contribution is -2.21. The van der Waals surface area contributed by atoms with Crippen LogP contribution in [-0.2, 0) is 0 Å². The van der Waals surface area contributed by atoms with E-state index in [1.165, 1.54) is 32.1 Å². The molecule has 17 heavy (non-hydrogen) atoms. The Morgan fingerprint density at radius 1 is 1.29 bits per heavy atom. The summed E-state index contributed by atoms with van der Waals surface area (Å²) >= 11 is 3.48. The molecule has 0 saturated heterocycles. The van der Waals surface area contributed by atoms with Crippen molar-refractivity contribution in [3.63, 3.8) is 0 Å². The molecule has 1 fully saturated rings. The van der Waals surface area contributed by atoms with Crippen molar-refractivity contribution >= 4 is 15.9 Å². The van der Waals surface area contributed by atoms with E-state index in [1.54, 1.807) is 0 Å². The van der Waals surface area contributed by atoms with Gasteiger partial charge in [0.25, 0.3) is 0 Å². The topological polar surface area (TPSA) is 35.2 Å². The highest BCUT2D eigenvalue weighted by atomic mass is 79.9. The summed E-state index contributed by atoms with van der Waals surface area (Å²) in [6.07, 6.45) is 6.65. The summed E-state index contributed by atoms with van der Waals surface area (Å²) in [6, 6.07) is 6.11. The molecule has 0 radical (unpaired) electrons. The quantitative estimate of drug-likeness (QED) is 0.908. The zero-order valence-electron chi connectivity index (χ0n) is 10.3.